The minimum Gasteiger partial charge on any atom is -0.347 e. The smallest absolute Gasteiger partial charge is 0.316 e. The van der Waals surface area contributed by atoms with Crippen molar-refractivity contribution in [2.45, 2.75) is 20.4 Å². The summed E-state index contributed by atoms with van der Waals surface area (Å²) in [5.74, 6) is -0.00931. The van der Waals surface area contributed by atoms with Crippen molar-refractivity contribution in [1.82, 2.24) is 5.32 Å². The summed E-state index contributed by atoms with van der Waals surface area (Å²) in [5, 5.41) is 2.78. The number of pyridine rings is 1. The number of hydrogen-bond donors (Lipinski definition) is 1. The largest absolute Gasteiger partial charge is 0.347 e. The molecule has 1 aromatic heterocycles. The van der Waals surface area contributed by atoms with Crippen LogP contribution in [0.25, 0.3) is 0 Å². The van der Waals surface area contributed by atoms with Crippen LogP contribution in [0.3, 0.4) is 0 Å². The fourth-order valence-corrected chi connectivity index (χ4v) is 1.21. The van der Waals surface area contributed by atoms with Crippen LogP contribution in [0.5, 0.6) is 0 Å². The maximum Gasteiger partial charge on any atom is 0.316 e. The molecular weight excluding hydrogens is 164 g/mol. The van der Waals surface area contributed by atoms with Crippen LogP contribution >= 0.6 is 0 Å². The van der Waals surface area contributed by atoms with E-state index in [0.29, 0.717) is 12.2 Å². The molecule has 3 heteroatoms. The van der Waals surface area contributed by atoms with Gasteiger partial charge in [-0.05, 0) is 19.9 Å². The minimum atomic E-state index is -0.00931. The Morgan fingerprint density at radius 2 is 2.23 bits per heavy atom. The van der Waals surface area contributed by atoms with E-state index < -0.39 is 0 Å². The molecule has 0 aromatic carbocycles. The van der Waals surface area contributed by atoms with E-state index in [0.717, 1.165) is 6.54 Å². The molecule has 0 fully saturated rings. The molecule has 0 radical (unpaired) electrons. The molecule has 0 spiro atoms. The lowest BCUT2D eigenvalue weighted by Crippen LogP contribution is -2.42. The SMILES string of the molecule is CCNC(=O)c1cccc[n+]1CC. The minimum absolute atomic E-state index is 0.00931. The van der Waals surface area contributed by atoms with Crippen LogP contribution in [-0.4, -0.2) is 12.5 Å². The highest BCUT2D eigenvalue weighted by Crippen LogP contribution is 1.90. The zero-order valence-electron chi connectivity index (χ0n) is 8.08. The van der Waals surface area contributed by atoms with Gasteiger partial charge in [-0.1, -0.05) is 0 Å². The molecule has 0 saturated heterocycles. The van der Waals surface area contributed by atoms with E-state index in [1.54, 1.807) is 0 Å². The van der Waals surface area contributed by atoms with E-state index >= 15 is 0 Å². The second-order valence-electron chi connectivity index (χ2n) is 2.73. The fraction of sp³-hybridized carbons (Fsp3) is 0.400. The van der Waals surface area contributed by atoms with Crippen molar-refractivity contribution in [3.8, 4) is 0 Å². The molecule has 1 aromatic rings. The quantitative estimate of drug-likeness (QED) is 0.682. The molecule has 0 atom stereocenters. The molecular formula is C10H15N2O+. The Labute approximate surface area is 78.4 Å². The van der Waals surface area contributed by atoms with Crippen molar-refractivity contribution in [1.29, 1.82) is 0 Å². The van der Waals surface area contributed by atoms with Gasteiger partial charge in [-0.3, -0.25) is 4.79 Å². The van der Waals surface area contributed by atoms with Gasteiger partial charge >= 0.3 is 5.91 Å². The Balaban J connectivity index is 2.92. The predicted molar refractivity (Wildman–Crippen MR) is 50.3 cm³/mol. The third-order valence-corrected chi connectivity index (χ3v) is 1.85. The molecule has 0 saturated carbocycles. The first-order valence-electron chi connectivity index (χ1n) is 4.56. The zero-order valence-corrected chi connectivity index (χ0v) is 8.08. The van der Waals surface area contributed by atoms with Crippen LogP contribution in [0.15, 0.2) is 24.4 Å². The number of hydrogen-bond acceptors (Lipinski definition) is 1. The summed E-state index contributed by atoms with van der Waals surface area (Å²) in [6.07, 6.45) is 1.91. The van der Waals surface area contributed by atoms with Crippen LogP contribution in [0, 0.1) is 0 Å². The van der Waals surface area contributed by atoms with E-state index in [1.165, 1.54) is 0 Å². The van der Waals surface area contributed by atoms with Gasteiger partial charge in [0.05, 0.1) is 0 Å². The van der Waals surface area contributed by atoms with E-state index in [9.17, 15) is 4.79 Å². The highest BCUT2D eigenvalue weighted by atomic mass is 16.1. The number of amides is 1. The van der Waals surface area contributed by atoms with Gasteiger partial charge < -0.3 is 5.32 Å². The van der Waals surface area contributed by atoms with Crippen molar-refractivity contribution < 1.29 is 9.36 Å². The molecule has 0 aliphatic heterocycles. The van der Waals surface area contributed by atoms with E-state index in [4.69, 9.17) is 0 Å². The highest BCUT2D eigenvalue weighted by molar-refractivity contribution is 5.90. The Bertz CT molecular complexity index is 297. The first kappa shape index (κ1) is 9.71. The summed E-state index contributed by atoms with van der Waals surface area (Å²) >= 11 is 0. The van der Waals surface area contributed by atoms with Gasteiger partial charge in [0.25, 0.3) is 5.69 Å². The van der Waals surface area contributed by atoms with Crippen LogP contribution in [0.1, 0.15) is 24.3 Å². The standard InChI is InChI=1S/C10H14N2O/c1-3-11-10(13)9-7-5-6-8-12(9)4-2/h5-8H,3-4H2,1-2H3/p+1. The average Bonchev–Trinajstić information content (AvgIpc) is 2.18. The van der Waals surface area contributed by atoms with E-state index in [-0.39, 0.29) is 5.91 Å². The molecule has 0 aliphatic rings. The first-order chi connectivity index (χ1) is 6.29. The highest BCUT2D eigenvalue weighted by Gasteiger charge is 2.15. The second kappa shape index (κ2) is 4.60. The molecule has 1 rings (SSSR count). The molecule has 13 heavy (non-hydrogen) atoms. The number of carbonyl (C=O) groups is 1. The first-order valence-corrected chi connectivity index (χ1v) is 4.56. The molecule has 0 bridgehead atoms. The topological polar surface area (TPSA) is 33.0 Å². The number of nitrogens with one attached hydrogen (secondary N) is 1. The molecule has 0 unspecified atom stereocenters. The van der Waals surface area contributed by atoms with Gasteiger partial charge in [-0.15, -0.1) is 0 Å². The van der Waals surface area contributed by atoms with Crippen LogP contribution in [-0.2, 0) is 6.54 Å². The average molecular weight is 179 g/mol. The fourth-order valence-electron chi connectivity index (χ4n) is 1.21. The lowest BCUT2D eigenvalue weighted by molar-refractivity contribution is -0.695. The van der Waals surface area contributed by atoms with Gasteiger partial charge in [0.2, 0.25) is 0 Å². The van der Waals surface area contributed by atoms with Crippen molar-refractivity contribution in [3.05, 3.63) is 30.1 Å². The normalized spacial score (nSPS) is 9.69. The molecule has 1 N–H and O–H groups in total. The van der Waals surface area contributed by atoms with Gasteiger partial charge in [0.1, 0.15) is 6.54 Å². The van der Waals surface area contributed by atoms with Crippen molar-refractivity contribution in [3.63, 3.8) is 0 Å². The number of nitrogens with zero attached hydrogens (tertiary/aromatic N) is 1. The number of carbonyl (C=O) groups excluding carboxylic acids is 1. The second-order valence-corrected chi connectivity index (χ2v) is 2.73. The van der Waals surface area contributed by atoms with Crippen molar-refractivity contribution in [2.75, 3.05) is 6.54 Å². The van der Waals surface area contributed by atoms with Gasteiger partial charge in [0.15, 0.2) is 6.20 Å². The molecule has 0 aliphatic carbocycles. The summed E-state index contributed by atoms with van der Waals surface area (Å²) in [6.45, 7) is 5.41. The van der Waals surface area contributed by atoms with E-state index in [1.807, 2.05) is 42.8 Å². The Morgan fingerprint density at radius 1 is 1.46 bits per heavy atom. The van der Waals surface area contributed by atoms with Crippen LogP contribution < -0.4 is 9.88 Å². The molecule has 3 nitrogen and oxygen atoms in total. The predicted octanol–water partition coefficient (Wildman–Crippen LogP) is 0.744. The van der Waals surface area contributed by atoms with Crippen molar-refractivity contribution >= 4 is 5.91 Å². The maximum absolute atomic E-state index is 11.5. The maximum atomic E-state index is 11.5. The molecule has 1 amide bonds. The number of aromatic nitrogens is 1. The zero-order chi connectivity index (χ0) is 9.68. The Morgan fingerprint density at radius 3 is 2.85 bits per heavy atom. The third-order valence-electron chi connectivity index (χ3n) is 1.85. The number of aryl methyl sites for hydroxylation is 1. The monoisotopic (exact) mass is 179 g/mol. The summed E-state index contributed by atoms with van der Waals surface area (Å²) in [7, 11) is 0. The summed E-state index contributed by atoms with van der Waals surface area (Å²) in [4.78, 5) is 11.5. The lowest BCUT2D eigenvalue weighted by atomic mass is 10.3. The van der Waals surface area contributed by atoms with Gasteiger partial charge in [0, 0.05) is 18.7 Å². The lowest BCUT2D eigenvalue weighted by Gasteiger charge is -2.00. The Kier molecular flexibility index (Phi) is 3.43. The summed E-state index contributed by atoms with van der Waals surface area (Å²) < 4.78 is 1.92. The summed E-state index contributed by atoms with van der Waals surface area (Å²) in [6, 6.07) is 5.62. The third kappa shape index (κ3) is 2.28. The Hall–Kier alpha value is -1.38. The van der Waals surface area contributed by atoms with Crippen molar-refractivity contribution in [2.24, 2.45) is 0 Å². The number of rotatable bonds is 3. The van der Waals surface area contributed by atoms with Crippen LogP contribution in [0.4, 0.5) is 0 Å². The van der Waals surface area contributed by atoms with Gasteiger partial charge in [-0.2, -0.15) is 4.57 Å². The molecule has 70 valence electrons. The van der Waals surface area contributed by atoms with Gasteiger partial charge in [-0.25, -0.2) is 0 Å². The van der Waals surface area contributed by atoms with E-state index in [2.05, 4.69) is 5.32 Å². The van der Waals surface area contributed by atoms with Crippen LogP contribution in [0.2, 0.25) is 0 Å². The summed E-state index contributed by atoms with van der Waals surface area (Å²) in [5.41, 5.74) is 0.715. The molecule has 1 heterocycles.